The first kappa shape index (κ1) is 17.2. The average Bonchev–Trinajstić information content (AvgIpc) is 2.34. The van der Waals surface area contributed by atoms with E-state index in [-0.39, 0.29) is 13.1 Å². The van der Waals surface area contributed by atoms with Gasteiger partial charge in [-0.15, -0.1) is 24.0 Å². The predicted molar refractivity (Wildman–Crippen MR) is 60.6 cm³/mol. The van der Waals surface area contributed by atoms with Gasteiger partial charge in [-0.3, -0.25) is 4.74 Å². The summed E-state index contributed by atoms with van der Waals surface area (Å²) in [5.41, 5.74) is 0. The first-order valence-electron chi connectivity index (χ1n) is 5.35. The summed E-state index contributed by atoms with van der Waals surface area (Å²) < 4.78 is 38.7. The van der Waals surface area contributed by atoms with Gasteiger partial charge >= 0.3 is 12.4 Å². The summed E-state index contributed by atoms with van der Waals surface area (Å²) in [7, 11) is 0. The Morgan fingerprint density at radius 3 is 2.47 bits per heavy atom. The molecular formula is C10H14F3N3O3. The Kier molecular flexibility index (Phi) is 7.52. The van der Waals surface area contributed by atoms with E-state index in [9.17, 15) is 22.9 Å². The summed E-state index contributed by atoms with van der Waals surface area (Å²) in [5, 5.41) is 2.75. The third-order valence-electron chi connectivity index (χ3n) is 1.99. The van der Waals surface area contributed by atoms with Crippen LogP contribution in [0.1, 0.15) is 13.8 Å². The Morgan fingerprint density at radius 1 is 1.42 bits per heavy atom. The van der Waals surface area contributed by atoms with Gasteiger partial charge in [0.1, 0.15) is 0 Å². The van der Waals surface area contributed by atoms with Gasteiger partial charge in [0.15, 0.2) is 0 Å². The van der Waals surface area contributed by atoms with Crippen LogP contribution in [0.2, 0.25) is 0 Å². The van der Waals surface area contributed by atoms with Crippen molar-refractivity contribution in [2.24, 2.45) is 5.29 Å². The second kappa shape index (κ2) is 8.31. The molecule has 0 spiro atoms. The molecule has 0 aliphatic heterocycles. The van der Waals surface area contributed by atoms with E-state index in [1.165, 1.54) is 4.90 Å². The number of hydrogen-bond donors (Lipinski definition) is 0. The molecule has 0 N–H and O–H groups in total. The summed E-state index contributed by atoms with van der Waals surface area (Å²) in [4.78, 5) is 23.3. The Balaban J connectivity index is 4.43. The number of nitroso groups, excluding NO2 is 1. The highest BCUT2D eigenvalue weighted by atomic mass is 19.4. The van der Waals surface area contributed by atoms with Gasteiger partial charge in [-0.1, -0.05) is 5.92 Å². The van der Waals surface area contributed by atoms with Crippen LogP contribution in [0.5, 0.6) is 0 Å². The highest BCUT2D eigenvalue weighted by Crippen LogP contribution is 2.15. The second-order valence-electron chi connectivity index (χ2n) is 3.22. The molecule has 0 atom stereocenters. The lowest BCUT2D eigenvalue weighted by Crippen LogP contribution is -2.42. The van der Waals surface area contributed by atoms with Crippen molar-refractivity contribution in [3.8, 4) is 11.8 Å². The molecule has 0 fully saturated rings. The van der Waals surface area contributed by atoms with Crippen molar-refractivity contribution in [3.63, 3.8) is 0 Å². The number of hydrogen-bond acceptors (Lipinski definition) is 4. The van der Waals surface area contributed by atoms with Crippen molar-refractivity contribution >= 4 is 6.03 Å². The van der Waals surface area contributed by atoms with Crippen LogP contribution < -0.4 is 0 Å². The highest BCUT2D eigenvalue weighted by Gasteiger charge is 2.30. The number of carbonyl (C=O) groups excluding carboxylic acids is 1. The lowest BCUT2D eigenvalue weighted by molar-refractivity contribution is -0.324. The number of amides is 2. The maximum absolute atomic E-state index is 11.7. The number of rotatable bonds is 6. The lowest BCUT2D eigenvalue weighted by Gasteiger charge is -2.22. The molecule has 0 aliphatic rings. The van der Waals surface area contributed by atoms with Gasteiger partial charge in [0.2, 0.25) is 0 Å². The maximum Gasteiger partial charge on any atom is 0.522 e. The van der Waals surface area contributed by atoms with Crippen LogP contribution in [0.4, 0.5) is 18.0 Å². The van der Waals surface area contributed by atoms with Gasteiger partial charge in [0.05, 0.1) is 25.0 Å². The molecular weight excluding hydrogens is 267 g/mol. The monoisotopic (exact) mass is 281 g/mol. The highest BCUT2D eigenvalue weighted by molar-refractivity contribution is 5.74. The summed E-state index contributed by atoms with van der Waals surface area (Å²) in [6, 6.07) is -0.814. The Morgan fingerprint density at radius 2 is 2.05 bits per heavy atom. The van der Waals surface area contributed by atoms with Gasteiger partial charge in [0.25, 0.3) is 0 Å². The van der Waals surface area contributed by atoms with E-state index in [0.29, 0.717) is 5.01 Å². The van der Waals surface area contributed by atoms with E-state index in [4.69, 9.17) is 0 Å². The first-order chi connectivity index (χ1) is 8.85. The maximum atomic E-state index is 11.7. The third kappa shape index (κ3) is 7.25. The van der Waals surface area contributed by atoms with E-state index >= 15 is 0 Å². The minimum absolute atomic E-state index is 0.0674. The molecule has 0 bridgehead atoms. The molecule has 108 valence electrons. The third-order valence-corrected chi connectivity index (χ3v) is 1.99. The van der Waals surface area contributed by atoms with Crippen LogP contribution >= 0.6 is 0 Å². The van der Waals surface area contributed by atoms with E-state index in [2.05, 4.69) is 21.9 Å². The fourth-order valence-corrected chi connectivity index (χ4v) is 1.07. The fraction of sp³-hybridized carbons (Fsp3) is 0.700. The van der Waals surface area contributed by atoms with Crippen LogP contribution in [0.25, 0.3) is 0 Å². The number of halogens is 3. The van der Waals surface area contributed by atoms with Crippen molar-refractivity contribution in [1.29, 1.82) is 0 Å². The molecule has 9 heteroatoms. The number of urea groups is 1. The van der Waals surface area contributed by atoms with Gasteiger partial charge in [-0.25, -0.2) is 4.79 Å². The summed E-state index contributed by atoms with van der Waals surface area (Å²) in [6.07, 6.45) is -4.81. The largest absolute Gasteiger partial charge is 0.522 e. The zero-order chi connectivity index (χ0) is 14.9. The van der Waals surface area contributed by atoms with Gasteiger partial charge in [0, 0.05) is 6.54 Å². The van der Waals surface area contributed by atoms with Gasteiger partial charge in [-0.2, -0.15) is 5.01 Å². The van der Waals surface area contributed by atoms with E-state index in [1.54, 1.807) is 13.8 Å². The van der Waals surface area contributed by atoms with Crippen molar-refractivity contribution in [2.45, 2.75) is 20.2 Å². The molecule has 0 saturated heterocycles. The Hall–Kier alpha value is -1.82. The van der Waals surface area contributed by atoms with Gasteiger partial charge < -0.3 is 4.90 Å². The van der Waals surface area contributed by atoms with Crippen LogP contribution in [0.15, 0.2) is 5.29 Å². The quantitative estimate of drug-likeness (QED) is 0.425. The Bertz CT molecular complexity index is 363. The SMILES string of the molecule is CC#CCN(CC)C(=O)N(CCOC(F)(F)F)N=O. The lowest BCUT2D eigenvalue weighted by atomic mass is 10.5. The molecule has 0 unspecified atom stereocenters. The van der Waals surface area contributed by atoms with Crippen LogP contribution in [0, 0.1) is 16.7 Å². The molecule has 0 rings (SSSR count). The van der Waals surface area contributed by atoms with Crippen molar-refractivity contribution in [1.82, 2.24) is 9.91 Å². The minimum atomic E-state index is -4.81. The summed E-state index contributed by atoms with van der Waals surface area (Å²) >= 11 is 0. The predicted octanol–water partition coefficient (Wildman–Crippen LogP) is 1.97. The average molecular weight is 281 g/mol. The molecule has 0 heterocycles. The molecule has 6 nitrogen and oxygen atoms in total. The van der Waals surface area contributed by atoms with E-state index in [1.807, 2.05) is 0 Å². The summed E-state index contributed by atoms with van der Waals surface area (Å²) in [6.45, 7) is 2.09. The topological polar surface area (TPSA) is 62.2 Å². The zero-order valence-electron chi connectivity index (χ0n) is 10.5. The van der Waals surface area contributed by atoms with Crippen LogP contribution in [-0.4, -0.2) is 48.5 Å². The van der Waals surface area contributed by atoms with E-state index in [0.717, 1.165) is 0 Å². The van der Waals surface area contributed by atoms with Gasteiger partial charge in [-0.05, 0) is 13.8 Å². The molecule has 2 amide bonds. The number of ether oxygens (including phenoxy) is 1. The summed E-state index contributed by atoms with van der Waals surface area (Å²) in [5.74, 6) is 5.18. The molecule has 0 radical (unpaired) electrons. The standard InChI is InChI=1S/C10H14F3N3O3/c1-3-5-6-15(4-2)9(17)16(14-18)7-8-19-10(11,12)13/h4,6-8H2,1-2H3. The molecule has 0 aromatic heterocycles. The fourth-order valence-electron chi connectivity index (χ4n) is 1.07. The smallest absolute Gasteiger partial charge is 0.312 e. The molecule has 0 aliphatic carbocycles. The number of carbonyl (C=O) groups is 1. The molecule has 0 saturated carbocycles. The number of nitrogens with zero attached hydrogens (tertiary/aromatic N) is 3. The molecule has 0 aromatic rings. The zero-order valence-corrected chi connectivity index (χ0v) is 10.5. The first-order valence-corrected chi connectivity index (χ1v) is 5.35. The van der Waals surface area contributed by atoms with Crippen LogP contribution in [0.3, 0.4) is 0 Å². The van der Waals surface area contributed by atoms with Crippen molar-refractivity contribution in [3.05, 3.63) is 4.91 Å². The van der Waals surface area contributed by atoms with Crippen LogP contribution in [-0.2, 0) is 4.74 Å². The normalized spacial score (nSPS) is 10.4. The number of alkyl halides is 3. The van der Waals surface area contributed by atoms with Crippen molar-refractivity contribution < 1.29 is 22.7 Å². The molecule has 19 heavy (non-hydrogen) atoms. The molecule has 0 aromatic carbocycles. The Labute approximate surface area is 108 Å². The second-order valence-corrected chi connectivity index (χ2v) is 3.22. The van der Waals surface area contributed by atoms with E-state index < -0.39 is 25.5 Å². The van der Waals surface area contributed by atoms with Crippen molar-refractivity contribution in [2.75, 3.05) is 26.2 Å². The minimum Gasteiger partial charge on any atom is -0.312 e.